The van der Waals surface area contributed by atoms with Crippen LogP contribution in [0.3, 0.4) is 0 Å². The first-order chi connectivity index (χ1) is 11.9. The first-order valence-corrected chi connectivity index (χ1v) is 11.3. The van der Waals surface area contributed by atoms with Gasteiger partial charge >= 0.3 is 0 Å². The maximum Gasteiger partial charge on any atom is 0.123 e. The van der Waals surface area contributed by atoms with Gasteiger partial charge in [-0.3, -0.25) is 4.98 Å². The van der Waals surface area contributed by atoms with Crippen LogP contribution in [-0.4, -0.2) is 13.8 Å². The van der Waals surface area contributed by atoms with Gasteiger partial charge in [0.1, 0.15) is 5.82 Å². The molecule has 1 nitrogen and oxygen atoms in total. The zero-order valence-electron chi connectivity index (χ0n) is 16.1. The van der Waals surface area contributed by atoms with Crippen LogP contribution in [-0.2, 0) is 12.5 Å². The molecule has 25 heavy (non-hydrogen) atoms. The number of aryl methyl sites for hydroxylation is 1. The van der Waals surface area contributed by atoms with E-state index in [0.29, 0.717) is 5.04 Å². The highest BCUT2D eigenvalue weighted by atomic mass is 28.3. The van der Waals surface area contributed by atoms with Crippen molar-refractivity contribution in [1.82, 2.24) is 4.98 Å². The molecule has 3 heteroatoms. The fourth-order valence-corrected chi connectivity index (χ4v) is 6.31. The topological polar surface area (TPSA) is 12.9 Å². The van der Waals surface area contributed by atoms with E-state index in [1.165, 1.54) is 30.1 Å². The molecule has 0 fully saturated rings. The van der Waals surface area contributed by atoms with E-state index in [2.05, 4.69) is 44.8 Å². The minimum atomic E-state index is -0.556. The molecule has 0 amide bonds. The lowest BCUT2D eigenvalue weighted by Gasteiger charge is -2.32. The van der Waals surface area contributed by atoms with E-state index in [0.717, 1.165) is 18.4 Å². The van der Waals surface area contributed by atoms with Gasteiger partial charge in [-0.15, -0.1) is 0 Å². The molecule has 1 radical (unpaired) electrons. The summed E-state index contributed by atoms with van der Waals surface area (Å²) in [6.45, 7) is 9.46. The Hall–Kier alpha value is -1.48. The molecule has 1 aromatic heterocycles. The Morgan fingerprint density at radius 2 is 1.80 bits per heavy atom. The highest BCUT2D eigenvalue weighted by Gasteiger charge is 2.29. The summed E-state index contributed by atoms with van der Waals surface area (Å²) >= 11 is 0. The monoisotopic (exact) mass is 356 g/mol. The molecule has 0 N–H and O–H groups in total. The third-order valence-electron chi connectivity index (χ3n) is 5.05. The van der Waals surface area contributed by atoms with Gasteiger partial charge in [-0.2, -0.15) is 0 Å². The number of halogens is 1. The van der Waals surface area contributed by atoms with E-state index in [-0.39, 0.29) is 5.82 Å². The van der Waals surface area contributed by atoms with E-state index < -0.39 is 8.80 Å². The summed E-state index contributed by atoms with van der Waals surface area (Å²) in [6, 6.07) is 15.7. The predicted molar refractivity (Wildman–Crippen MR) is 107 cm³/mol. The van der Waals surface area contributed by atoms with E-state index in [1.807, 2.05) is 24.4 Å². The summed E-state index contributed by atoms with van der Waals surface area (Å²) in [5, 5.41) is 0.367. The lowest BCUT2D eigenvalue weighted by Crippen LogP contribution is -2.31. The Kier molecular flexibility index (Phi) is 7.36. The molecule has 1 heterocycles. The molecular formula is C22H31FNSi. The minimum Gasteiger partial charge on any atom is -0.262 e. The number of nitrogens with zero attached hydrogens (tertiary/aromatic N) is 1. The Morgan fingerprint density at radius 3 is 2.36 bits per heavy atom. The lowest BCUT2D eigenvalue weighted by atomic mass is 9.99. The van der Waals surface area contributed by atoms with Gasteiger partial charge in [0.15, 0.2) is 0 Å². The Labute approximate surface area is 154 Å². The van der Waals surface area contributed by atoms with E-state index in [1.54, 1.807) is 12.1 Å². The third kappa shape index (κ3) is 6.73. The summed E-state index contributed by atoms with van der Waals surface area (Å²) in [5.41, 5.74) is 2.48. The van der Waals surface area contributed by atoms with Gasteiger partial charge in [0, 0.05) is 11.9 Å². The highest BCUT2D eigenvalue weighted by Crippen LogP contribution is 2.35. The molecular weight excluding hydrogens is 325 g/mol. The van der Waals surface area contributed by atoms with Crippen LogP contribution in [0.1, 0.15) is 51.8 Å². The number of hydrogen-bond donors (Lipinski definition) is 0. The van der Waals surface area contributed by atoms with Crippen molar-refractivity contribution in [1.29, 1.82) is 0 Å². The Bertz CT molecular complexity index is 619. The quantitative estimate of drug-likeness (QED) is 0.509. The number of benzene rings is 1. The minimum absolute atomic E-state index is 0.149. The molecule has 0 aliphatic carbocycles. The van der Waals surface area contributed by atoms with Crippen molar-refractivity contribution in [2.75, 3.05) is 0 Å². The van der Waals surface area contributed by atoms with Crippen LogP contribution in [0.15, 0.2) is 48.7 Å². The van der Waals surface area contributed by atoms with Gasteiger partial charge in [0.05, 0.1) is 8.80 Å². The van der Waals surface area contributed by atoms with Crippen molar-refractivity contribution in [2.45, 2.75) is 64.1 Å². The summed E-state index contributed by atoms with van der Waals surface area (Å²) in [4.78, 5) is 4.56. The van der Waals surface area contributed by atoms with E-state index in [4.69, 9.17) is 0 Å². The molecule has 1 unspecified atom stereocenters. The van der Waals surface area contributed by atoms with E-state index in [9.17, 15) is 4.39 Å². The van der Waals surface area contributed by atoms with Gasteiger partial charge in [-0.1, -0.05) is 58.4 Å². The Morgan fingerprint density at radius 1 is 1.08 bits per heavy atom. The number of pyridine rings is 1. The molecule has 0 bridgehead atoms. The highest BCUT2D eigenvalue weighted by molar-refractivity contribution is 6.61. The van der Waals surface area contributed by atoms with Crippen molar-refractivity contribution in [3.8, 4) is 0 Å². The standard InChI is InChI=1S/C22H31FNSi/c1-5-18(9-10-19-11-13-20(23)14-12-19)16-25(22(2,3)4)17-21-8-6-7-15-24-21/h6-8,11-15,18H,5,9-10,16-17H2,1-4H3. The second kappa shape index (κ2) is 9.28. The van der Waals surface area contributed by atoms with Crippen molar-refractivity contribution < 1.29 is 4.39 Å². The largest absolute Gasteiger partial charge is 0.262 e. The molecule has 2 rings (SSSR count). The second-order valence-corrected chi connectivity index (χ2v) is 11.5. The zero-order valence-corrected chi connectivity index (χ0v) is 17.1. The number of rotatable bonds is 8. The van der Waals surface area contributed by atoms with Gasteiger partial charge in [-0.05, 0) is 59.7 Å². The van der Waals surface area contributed by atoms with Crippen LogP contribution >= 0.6 is 0 Å². The van der Waals surface area contributed by atoms with Crippen molar-refractivity contribution >= 4 is 8.80 Å². The fourth-order valence-electron chi connectivity index (χ4n) is 3.19. The molecule has 0 spiro atoms. The SMILES string of the molecule is CCC(CCc1ccc(F)cc1)C[Si](Cc1ccccn1)C(C)(C)C. The van der Waals surface area contributed by atoms with Crippen LogP contribution in [0.4, 0.5) is 4.39 Å². The molecule has 0 aliphatic heterocycles. The number of hydrogen-bond acceptors (Lipinski definition) is 1. The summed E-state index contributed by atoms with van der Waals surface area (Å²) in [7, 11) is -0.556. The van der Waals surface area contributed by atoms with Gasteiger partial charge in [-0.25, -0.2) is 4.39 Å². The summed E-state index contributed by atoms with van der Waals surface area (Å²) < 4.78 is 13.1. The number of aromatic nitrogens is 1. The lowest BCUT2D eigenvalue weighted by molar-refractivity contribution is 0.503. The second-order valence-electron chi connectivity index (χ2n) is 7.99. The molecule has 0 saturated heterocycles. The molecule has 2 aromatic rings. The molecule has 1 atom stereocenters. The smallest absolute Gasteiger partial charge is 0.123 e. The average Bonchev–Trinajstić information content (AvgIpc) is 2.59. The first kappa shape index (κ1) is 19.8. The maximum absolute atomic E-state index is 13.1. The van der Waals surface area contributed by atoms with Crippen molar-refractivity contribution in [3.05, 3.63) is 65.7 Å². The summed E-state index contributed by atoms with van der Waals surface area (Å²) in [5.74, 6) is 0.589. The predicted octanol–water partition coefficient (Wildman–Crippen LogP) is 6.26. The maximum atomic E-state index is 13.1. The first-order valence-electron chi connectivity index (χ1n) is 9.38. The zero-order chi connectivity index (χ0) is 18.3. The average molecular weight is 357 g/mol. The van der Waals surface area contributed by atoms with Gasteiger partial charge in [0.2, 0.25) is 0 Å². The fraction of sp³-hybridized carbons (Fsp3) is 0.500. The van der Waals surface area contributed by atoms with Crippen molar-refractivity contribution in [3.63, 3.8) is 0 Å². The van der Waals surface area contributed by atoms with Crippen molar-refractivity contribution in [2.24, 2.45) is 5.92 Å². The van der Waals surface area contributed by atoms with Crippen LogP contribution in [0.2, 0.25) is 11.1 Å². The van der Waals surface area contributed by atoms with Crippen LogP contribution in [0.25, 0.3) is 0 Å². The Balaban J connectivity index is 1.98. The van der Waals surface area contributed by atoms with Crippen LogP contribution < -0.4 is 0 Å². The van der Waals surface area contributed by atoms with Gasteiger partial charge in [0.25, 0.3) is 0 Å². The molecule has 0 saturated carbocycles. The molecule has 135 valence electrons. The third-order valence-corrected chi connectivity index (χ3v) is 9.03. The summed E-state index contributed by atoms with van der Waals surface area (Å²) in [6.07, 6.45) is 5.35. The van der Waals surface area contributed by atoms with Crippen LogP contribution in [0.5, 0.6) is 0 Å². The normalized spacial score (nSPS) is 13.2. The van der Waals surface area contributed by atoms with Crippen LogP contribution in [0, 0.1) is 11.7 Å². The molecule has 0 aliphatic rings. The molecule has 1 aromatic carbocycles. The van der Waals surface area contributed by atoms with E-state index >= 15 is 0 Å². The van der Waals surface area contributed by atoms with Gasteiger partial charge < -0.3 is 0 Å².